The Morgan fingerprint density at radius 3 is 2.67 bits per heavy atom. The molecule has 0 saturated heterocycles. The summed E-state index contributed by atoms with van der Waals surface area (Å²) >= 11 is 1.46. The van der Waals surface area contributed by atoms with Crippen molar-refractivity contribution in [2.75, 3.05) is 12.8 Å². The van der Waals surface area contributed by atoms with E-state index in [0.717, 1.165) is 10.5 Å². The average Bonchev–Trinajstić information content (AvgIpc) is 2.48. The zero-order valence-corrected chi connectivity index (χ0v) is 12.7. The number of carbonyl (C=O) groups excluding carboxylic acids is 1. The number of benzene rings is 2. The van der Waals surface area contributed by atoms with Gasteiger partial charge in [-0.25, -0.2) is 4.39 Å². The summed E-state index contributed by atoms with van der Waals surface area (Å²) in [7, 11) is 1.58. The van der Waals surface area contributed by atoms with Crippen LogP contribution in [0.5, 0.6) is 5.75 Å². The average molecular weight is 305 g/mol. The molecule has 0 unspecified atom stereocenters. The van der Waals surface area contributed by atoms with Gasteiger partial charge >= 0.3 is 0 Å². The summed E-state index contributed by atoms with van der Waals surface area (Å²) < 4.78 is 18.7. The number of rotatable bonds is 5. The Kier molecular flexibility index (Phi) is 4.85. The minimum absolute atomic E-state index is 0.00225. The molecule has 2 N–H and O–H groups in total. The number of anilines is 1. The van der Waals surface area contributed by atoms with Gasteiger partial charge in [-0.2, -0.15) is 0 Å². The van der Waals surface area contributed by atoms with E-state index in [9.17, 15) is 9.18 Å². The SMILES string of the molecule is COc1ccc(C(C)=O)cc1CSc1ccc(N)c(F)c1. The first-order valence-electron chi connectivity index (χ1n) is 6.37. The van der Waals surface area contributed by atoms with Crippen LogP contribution in [0.3, 0.4) is 0 Å². The molecule has 2 aromatic carbocycles. The van der Waals surface area contributed by atoms with Crippen molar-refractivity contribution in [2.45, 2.75) is 17.6 Å². The van der Waals surface area contributed by atoms with Gasteiger partial charge in [-0.05, 0) is 43.3 Å². The lowest BCUT2D eigenvalue weighted by molar-refractivity contribution is 0.101. The molecule has 5 heteroatoms. The van der Waals surface area contributed by atoms with Crippen LogP contribution < -0.4 is 10.5 Å². The number of nitrogens with two attached hydrogens (primary N) is 1. The second-order valence-electron chi connectivity index (χ2n) is 4.55. The molecular formula is C16H16FNO2S. The molecule has 0 fully saturated rings. The third kappa shape index (κ3) is 3.76. The quantitative estimate of drug-likeness (QED) is 0.517. The molecule has 21 heavy (non-hydrogen) atoms. The number of ether oxygens (including phenoxy) is 1. The largest absolute Gasteiger partial charge is 0.496 e. The number of hydrogen-bond acceptors (Lipinski definition) is 4. The first kappa shape index (κ1) is 15.4. The van der Waals surface area contributed by atoms with Gasteiger partial charge in [0.2, 0.25) is 0 Å². The first-order chi connectivity index (χ1) is 10.0. The van der Waals surface area contributed by atoms with Gasteiger partial charge in [-0.1, -0.05) is 0 Å². The standard InChI is InChI=1S/C16H16FNO2S/c1-10(19)11-3-6-16(20-2)12(7-11)9-21-13-4-5-15(18)14(17)8-13/h3-8H,9,18H2,1-2H3. The molecule has 0 aromatic heterocycles. The molecule has 0 bridgehead atoms. The second-order valence-corrected chi connectivity index (χ2v) is 5.60. The van der Waals surface area contributed by atoms with Crippen molar-refractivity contribution in [3.05, 3.63) is 53.3 Å². The van der Waals surface area contributed by atoms with Crippen molar-refractivity contribution >= 4 is 23.2 Å². The topological polar surface area (TPSA) is 52.3 Å². The fourth-order valence-electron chi connectivity index (χ4n) is 1.87. The molecular weight excluding hydrogens is 289 g/mol. The molecule has 110 valence electrons. The number of thioether (sulfide) groups is 1. The molecule has 0 amide bonds. The molecule has 2 rings (SSSR count). The predicted octanol–water partition coefficient (Wildman–Crippen LogP) is 3.91. The summed E-state index contributed by atoms with van der Waals surface area (Å²) in [5.41, 5.74) is 7.12. The second kappa shape index (κ2) is 6.63. The Labute approximate surface area is 127 Å². The maximum absolute atomic E-state index is 13.4. The number of hydrogen-bond donors (Lipinski definition) is 1. The Balaban J connectivity index is 2.19. The van der Waals surface area contributed by atoms with Crippen molar-refractivity contribution in [1.82, 2.24) is 0 Å². The van der Waals surface area contributed by atoms with E-state index in [4.69, 9.17) is 10.5 Å². The molecule has 0 saturated carbocycles. The minimum atomic E-state index is -0.426. The maximum atomic E-state index is 13.4. The zero-order chi connectivity index (χ0) is 15.4. The lowest BCUT2D eigenvalue weighted by Gasteiger charge is -2.10. The van der Waals surface area contributed by atoms with E-state index < -0.39 is 5.82 Å². The van der Waals surface area contributed by atoms with Crippen LogP contribution in [0, 0.1) is 5.82 Å². The monoisotopic (exact) mass is 305 g/mol. The summed E-state index contributed by atoms with van der Waals surface area (Å²) in [6.07, 6.45) is 0. The highest BCUT2D eigenvalue weighted by molar-refractivity contribution is 7.98. The third-order valence-electron chi connectivity index (χ3n) is 3.05. The Morgan fingerprint density at radius 2 is 2.05 bits per heavy atom. The van der Waals surface area contributed by atoms with Gasteiger partial charge in [-0.3, -0.25) is 4.79 Å². The van der Waals surface area contributed by atoms with Crippen molar-refractivity contribution in [3.63, 3.8) is 0 Å². The summed E-state index contributed by atoms with van der Waals surface area (Å²) in [5, 5.41) is 0. The van der Waals surface area contributed by atoms with E-state index in [-0.39, 0.29) is 11.5 Å². The number of nitrogen functional groups attached to an aromatic ring is 1. The number of ketones is 1. The van der Waals surface area contributed by atoms with Crippen LogP contribution in [0.4, 0.5) is 10.1 Å². The Morgan fingerprint density at radius 1 is 1.29 bits per heavy atom. The van der Waals surface area contributed by atoms with Crippen LogP contribution in [0.1, 0.15) is 22.8 Å². The smallest absolute Gasteiger partial charge is 0.159 e. The van der Waals surface area contributed by atoms with Gasteiger partial charge in [0.05, 0.1) is 12.8 Å². The van der Waals surface area contributed by atoms with Gasteiger partial charge in [0.15, 0.2) is 5.78 Å². The third-order valence-corrected chi connectivity index (χ3v) is 4.10. The van der Waals surface area contributed by atoms with Gasteiger partial charge in [0.1, 0.15) is 11.6 Å². The molecule has 0 spiro atoms. The number of carbonyl (C=O) groups is 1. The first-order valence-corrected chi connectivity index (χ1v) is 7.35. The molecule has 0 atom stereocenters. The van der Waals surface area contributed by atoms with Crippen LogP contribution in [-0.2, 0) is 5.75 Å². The number of Topliss-reactive ketones (excluding diaryl/α,β-unsaturated/α-hetero) is 1. The van der Waals surface area contributed by atoms with E-state index in [0.29, 0.717) is 17.1 Å². The summed E-state index contributed by atoms with van der Waals surface area (Å²) in [6, 6.07) is 10.0. The normalized spacial score (nSPS) is 10.4. The lowest BCUT2D eigenvalue weighted by atomic mass is 10.1. The van der Waals surface area contributed by atoms with Crippen LogP contribution in [-0.4, -0.2) is 12.9 Å². The molecule has 0 aliphatic rings. The van der Waals surface area contributed by atoms with Gasteiger partial charge in [0.25, 0.3) is 0 Å². The van der Waals surface area contributed by atoms with Crippen LogP contribution in [0.15, 0.2) is 41.3 Å². The molecule has 3 nitrogen and oxygen atoms in total. The van der Waals surface area contributed by atoms with Crippen LogP contribution >= 0.6 is 11.8 Å². The van der Waals surface area contributed by atoms with Gasteiger partial charge in [-0.15, -0.1) is 11.8 Å². The lowest BCUT2D eigenvalue weighted by Crippen LogP contribution is -1.97. The van der Waals surface area contributed by atoms with E-state index in [1.54, 1.807) is 31.4 Å². The highest BCUT2D eigenvalue weighted by atomic mass is 32.2. The predicted molar refractivity (Wildman–Crippen MR) is 83.4 cm³/mol. The minimum Gasteiger partial charge on any atom is -0.496 e. The summed E-state index contributed by atoms with van der Waals surface area (Å²) in [4.78, 5) is 12.2. The molecule has 0 aliphatic carbocycles. The van der Waals surface area contributed by atoms with Crippen molar-refractivity contribution in [2.24, 2.45) is 0 Å². The maximum Gasteiger partial charge on any atom is 0.159 e. The highest BCUT2D eigenvalue weighted by Crippen LogP contribution is 2.30. The highest BCUT2D eigenvalue weighted by Gasteiger charge is 2.08. The number of halogens is 1. The van der Waals surface area contributed by atoms with E-state index in [1.807, 2.05) is 6.07 Å². The molecule has 0 aliphatic heterocycles. The van der Waals surface area contributed by atoms with Gasteiger partial charge < -0.3 is 10.5 Å². The zero-order valence-electron chi connectivity index (χ0n) is 11.9. The summed E-state index contributed by atoms with van der Waals surface area (Å²) in [5.74, 6) is 0.864. The van der Waals surface area contributed by atoms with Crippen molar-refractivity contribution in [1.29, 1.82) is 0 Å². The van der Waals surface area contributed by atoms with E-state index >= 15 is 0 Å². The Bertz CT molecular complexity index is 673. The van der Waals surface area contributed by atoms with Crippen molar-refractivity contribution < 1.29 is 13.9 Å². The summed E-state index contributed by atoms with van der Waals surface area (Å²) in [6.45, 7) is 1.52. The molecule has 0 heterocycles. The fraction of sp³-hybridized carbons (Fsp3) is 0.188. The fourth-order valence-corrected chi connectivity index (χ4v) is 2.77. The number of methoxy groups -OCH3 is 1. The van der Waals surface area contributed by atoms with Crippen molar-refractivity contribution in [3.8, 4) is 5.75 Å². The molecule has 0 radical (unpaired) electrons. The Hall–Kier alpha value is -2.01. The van der Waals surface area contributed by atoms with E-state index in [1.165, 1.54) is 24.8 Å². The van der Waals surface area contributed by atoms with E-state index in [2.05, 4.69) is 0 Å². The van der Waals surface area contributed by atoms with Gasteiger partial charge in [0, 0.05) is 21.8 Å². The van der Waals surface area contributed by atoms with Crippen LogP contribution in [0.25, 0.3) is 0 Å². The van der Waals surface area contributed by atoms with Crippen LogP contribution in [0.2, 0.25) is 0 Å². The molecule has 2 aromatic rings.